The molecule has 0 spiro atoms. The van der Waals surface area contributed by atoms with Gasteiger partial charge in [0.25, 0.3) is 0 Å². The molecule has 0 saturated carbocycles. The predicted octanol–water partition coefficient (Wildman–Crippen LogP) is 13.3. The standard InChI is InChI=1S/C59H41F6N15/c1-27-67-28(2)72-54(71-27)36-9-14-41-42-15-10-37(55-73-29(3)68-30(4)74-55)22-48(42)79(47(41)21-36)51-19-35(26-66)20-52(53(51)45-18-13-40(58(60,61)62)25-46(45)59(63,64)65)80-49-23-38(56-75-31(5)69-32(6)76-56)11-16-43(49)44-17-12-39(24-50(44)80)57-77-33(7)70-34(8)78-57/h9-25H,1-8H3. The molecule has 12 aromatic rings. The van der Waals surface area contributed by atoms with Gasteiger partial charge in [-0.25, -0.2) is 59.8 Å². The molecule has 0 atom stereocenters. The zero-order valence-corrected chi connectivity index (χ0v) is 43.8. The van der Waals surface area contributed by atoms with Gasteiger partial charge >= 0.3 is 12.4 Å². The lowest BCUT2D eigenvalue weighted by Gasteiger charge is -2.24. The molecular weight excluding hydrogens is 1030 g/mol. The molecule has 0 saturated heterocycles. The Kier molecular flexibility index (Phi) is 11.8. The summed E-state index contributed by atoms with van der Waals surface area (Å²) in [5, 5.41) is 13.7. The number of benzene rings is 6. The average molecular weight is 1070 g/mol. The summed E-state index contributed by atoms with van der Waals surface area (Å²) in [5.74, 6) is 4.76. The Labute approximate surface area is 450 Å². The molecule has 394 valence electrons. The molecule has 0 aliphatic heterocycles. The number of nitrogens with zero attached hydrogens (tertiary/aromatic N) is 15. The van der Waals surface area contributed by atoms with Crippen molar-refractivity contribution in [3.8, 4) is 74.1 Å². The van der Waals surface area contributed by atoms with Crippen molar-refractivity contribution in [2.24, 2.45) is 0 Å². The summed E-state index contributed by atoms with van der Waals surface area (Å²) in [6, 6.07) is 28.6. The number of nitriles is 1. The Bertz CT molecular complexity index is 4100. The molecule has 0 fully saturated rings. The Morgan fingerprint density at radius 3 is 0.925 bits per heavy atom. The molecule has 0 N–H and O–H groups in total. The number of rotatable bonds is 7. The quantitative estimate of drug-likeness (QED) is 0.137. The summed E-state index contributed by atoms with van der Waals surface area (Å²) in [5.41, 5.74) is -0.186. The molecule has 0 amide bonds. The summed E-state index contributed by atoms with van der Waals surface area (Å²) < 4.78 is 96.0. The first-order valence-electron chi connectivity index (χ1n) is 24.9. The number of hydrogen-bond acceptors (Lipinski definition) is 13. The van der Waals surface area contributed by atoms with E-state index in [9.17, 15) is 18.4 Å². The van der Waals surface area contributed by atoms with Crippen molar-refractivity contribution in [1.82, 2.24) is 68.9 Å². The largest absolute Gasteiger partial charge is 0.417 e. The van der Waals surface area contributed by atoms with Gasteiger partial charge in [0, 0.05) is 49.4 Å². The normalized spacial score (nSPS) is 12.1. The van der Waals surface area contributed by atoms with Gasteiger partial charge in [-0.2, -0.15) is 31.6 Å². The van der Waals surface area contributed by atoms with Crippen molar-refractivity contribution >= 4 is 43.6 Å². The molecule has 6 heterocycles. The molecule has 6 aromatic heterocycles. The molecule has 0 aliphatic carbocycles. The average Bonchev–Trinajstić information content (AvgIpc) is 3.95. The zero-order chi connectivity index (χ0) is 56.3. The highest BCUT2D eigenvalue weighted by molar-refractivity contribution is 6.14. The fraction of sp³-hybridized carbons (Fsp3) is 0.169. The highest BCUT2D eigenvalue weighted by atomic mass is 19.4. The van der Waals surface area contributed by atoms with Crippen LogP contribution >= 0.6 is 0 Å². The van der Waals surface area contributed by atoms with Gasteiger partial charge in [0.1, 0.15) is 46.6 Å². The highest BCUT2D eigenvalue weighted by Crippen LogP contribution is 2.49. The first-order chi connectivity index (χ1) is 38.1. The van der Waals surface area contributed by atoms with Crippen LogP contribution in [0.4, 0.5) is 26.3 Å². The number of halogens is 6. The van der Waals surface area contributed by atoms with Crippen LogP contribution in [0.2, 0.25) is 0 Å². The van der Waals surface area contributed by atoms with E-state index in [1.165, 1.54) is 12.1 Å². The third-order valence-electron chi connectivity index (χ3n) is 13.6. The maximum absolute atomic E-state index is 16.1. The van der Waals surface area contributed by atoms with Crippen molar-refractivity contribution in [2.45, 2.75) is 67.7 Å². The van der Waals surface area contributed by atoms with E-state index in [0.717, 1.165) is 6.07 Å². The third kappa shape index (κ3) is 8.93. The van der Waals surface area contributed by atoms with Gasteiger partial charge in [0.2, 0.25) is 0 Å². The van der Waals surface area contributed by atoms with E-state index in [-0.39, 0.29) is 28.6 Å². The van der Waals surface area contributed by atoms with E-state index in [0.29, 0.717) is 142 Å². The van der Waals surface area contributed by atoms with Crippen LogP contribution in [0.15, 0.2) is 103 Å². The van der Waals surface area contributed by atoms with E-state index >= 15 is 13.2 Å². The van der Waals surface area contributed by atoms with Crippen molar-refractivity contribution in [3.63, 3.8) is 0 Å². The van der Waals surface area contributed by atoms with Crippen molar-refractivity contribution < 1.29 is 26.3 Å². The number of hydrogen-bond donors (Lipinski definition) is 0. The maximum Gasteiger partial charge on any atom is 0.417 e. The van der Waals surface area contributed by atoms with Gasteiger partial charge in [0.15, 0.2) is 23.3 Å². The smallest absolute Gasteiger partial charge is 0.308 e. The number of aryl methyl sites for hydroxylation is 8. The van der Waals surface area contributed by atoms with E-state index in [2.05, 4.69) is 65.9 Å². The Morgan fingerprint density at radius 1 is 0.362 bits per heavy atom. The highest BCUT2D eigenvalue weighted by Gasteiger charge is 2.40. The molecule has 0 radical (unpaired) electrons. The minimum absolute atomic E-state index is 0.000586. The SMILES string of the molecule is Cc1nc(C)nc(-c2ccc3c4ccc(-c5nc(C)nc(C)n5)cc4n(-c4cc(C#N)cc(-n5c6cc(-c7nc(C)nc(C)n7)ccc6c6ccc(-c7nc(C)nc(C)n7)cc65)c4-c4ccc(C(F)(F)F)cc4C(F)(F)F)c3c2)n1. The lowest BCUT2D eigenvalue weighted by molar-refractivity contribution is -0.142. The fourth-order valence-electron chi connectivity index (χ4n) is 10.6. The van der Waals surface area contributed by atoms with Crippen LogP contribution in [0.1, 0.15) is 63.3 Å². The second-order valence-electron chi connectivity index (χ2n) is 19.4. The van der Waals surface area contributed by atoms with Gasteiger partial charge < -0.3 is 9.13 Å². The fourth-order valence-corrected chi connectivity index (χ4v) is 10.6. The summed E-state index contributed by atoms with van der Waals surface area (Å²) in [4.78, 5) is 54.6. The van der Waals surface area contributed by atoms with Crippen molar-refractivity contribution in [3.05, 3.63) is 166 Å². The Hall–Kier alpha value is -9.97. The van der Waals surface area contributed by atoms with Gasteiger partial charge in [0.05, 0.1) is 56.2 Å². The number of fused-ring (bicyclic) bond motifs is 6. The third-order valence-corrected chi connectivity index (χ3v) is 13.6. The first-order valence-corrected chi connectivity index (χ1v) is 24.9. The summed E-state index contributed by atoms with van der Waals surface area (Å²) >= 11 is 0. The minimum Gasteiger partial charge on any atom is -0.308 e. The molecule has 15 nitrogen and oxygen atoms in total. The van der Waals surface area contributed by atoms with Crippen molar-refractivity contribution in [1.29, 1.82) is 5.26 Å². The monoisotopic (exact) mass is 1070 g/mol. The molecule has 0 unspecified atom stereocenters. The van der Waals surface area contributed by atoms with Crippen LogP contribution < -0.4 is 0 Å². The van der Waals surface area contributed by atoms with Crippen LogP contribution in [0.5, 0.6) is 0 Å². The molecule has 6 aromatic carbocycles. The first kappa shape index (κ1) is 50.8. The molecular formula is C59H41F6N15. The van der Waals surface area contributed by atoms with Crippen LogP contribution in [0.25, 0.3) is 112 Å². The predicted molar refractivity (Wildman–Crippen MR) is 288 cm³/mol. The lowest BCUT2D eigenvalue weighted by atomic mass is 9.92. The van der Waals surface area contributed by atoms with Crippen LogP contribution in [-0.4, -0.2) is 68.9 Å². The zero-order valence-electron chi connectivity index (χ0n) is 43.8. The van der Waals surface area contributed by atoms with E-state index < -0.39 is 29.0 Å². The number of aromatic nitrogens is 14. The van der Waals surface area contributed by atoms with E-state index in [1.54, 1.807) is 88.8 Å². The molecule has 0 aliphatic rings. The second-order valence-corrected chi connectivity index (χ2v) is 19.4. The summed E-state index contributed by atoms with van der Waals surface area (Å²) in [6.07, 6.45) is -10.5. The van der Waals surface area contributed by atoms with Crippen LogP contribution in [0, 0.1) is 66.7 Å². The van der Waals surface area contributed by atoms with E-state index in [4.69, 9.17) is 0 Å². The molecule has 21 heteroatoms. The molecule has 80 heavy (non-hydrogen) atoms. The second kappa shape index (κ2) is 18.6. The van der Waals surface area contributed by atoms with Gasteiger partial charge in [-0.15, -0.1) is 0 Å². The van der Waals surface area contributed by atoms with Crippen LogP contribution in [0.3, 0.4) is 0 Å². The minimum atomic E-state index is -5.37. The molecule has 0 bridgehead atoms. The summed E-state index contributed by atoms with van der Waals surface area (Å²) in [6.45, 7) is 13.8. The maximum atomic E-state index is 16.1. The molecule has 12 rings (SSSR count). The van der Waals surface area contributed by atoms with Gasteiger partial charge in [-0.1, -0.05) is 54.6 Å². The van der Waals surface area contributed by atoms with Gasteiger partial charge in [-0.05, 0) is 109 Å². The Balaban J connectivity index is 1.30. The number of alkyl halides is 6. The van der Waals surface area contributed by atoms with Gasteiger partial charge in [-0.3, -0.25) is 0 Å². The van der Waals surface area contributed by atoms with Crippen LogP contribution in [-0.2, 0) is 12.4 Å². The lowest BCUT2D eigenvalue weighted by Crippen LogP contribution is -2.14. The topological polar surface area (TPSA) is 188 Å². The van der Waals surface area contributed by atoms with Crippen molar-refractivity contribution in [2.75, 3.05) is 0 Å². The van der Waals surface area contributed by atoms with E-state index in [1.807, 2.05) is 48.5 Å². The summed E-state index contributed by atoms with van der Waals surface area (Å²) in [7, 11) is 0. The Morgan fingerprint density at radius 2 is 0.662 bits per heavy atom.